The highest BCUT2D eigenvalue weighted by atomic mass is 79.9. The van der Waals surface area contributed by atoms with Crippen molar-refractivity contribution in [1.29, 1.82) is 10.5 Å². The fraction of sp³-hybridized carbons (Fsp3) is 0.297. The first kappa shape index (κ1) is 46.1. The molecule has 2 aromatic heterocycles. The zero-order chi connectivity index (χ0) is 39.8. The summed E-state index contributed by atoms with van der Waals surface area (Å²) in [7, 11) is 6.19. The second-order valence-electron chi connectivity index (χ2n) is 10.5. The third kappa shape index (κ3) is 12.0. The third-order valence-electron chi connectivity index (χ3n) is 6.90. The molecule has 0 spiro atoms. The third-order valence-corrected chi connectivity index (χ3v) is 8.08. The van der Waals surface area contributed by atoms with Gasteiger partial charge in [0.25, 0.3) is 12.1 Å². The molecule has 0 aliphatic carbocycles. The number of aryl methyl sites for hydroxylation is 4. The smallest absolute Gasteiger partial charge is 0.298 e. The molecule has 54 heavy (non-hydrogen) atoms. The van der Waals surface area contributed by atoms with Crippen molar-refractivity contribution in [2.75, 3.05) is 35.0 Å². The quantitative estimate of drug-likeness (QED) is 0.116. The zero-order valence-corrected chi connectivity index (χ0v) is 33.3. The second-order valence-corrected chi connectivity index (χ2v) is 12.2. The highest BCUT2D eigenvalue weighted by molar-refractivity contribution is 9.11. The molecule has 3 heterocycles. The number of nitriles is 2. The molecule has 1 unspecified atom stereocenters. The Bertz CT molecular complexity index is 2130. The largest absolute Gasteiger partial charge is 0.493 e. The van der Waals surface area contributed by atoms with Gasteiger partial charge in [0.05, 0.1) is 43.3 Å². The highest BCUT2D eigenvalue weighted by Gasteiger charge is 2.34. The number of hydrogen-bond donors (Lipinski definition) is 2. The Morgan fingerprint density at radius 1 is 0.944 bits per heavy atom. The lowest BCUT2D eigenvalue weighted by Crippen LogP contribution is -2.23. The van der Waals surface area contributed by atoms with E-state index >= 15 is 0 Å². The average molecular weight is 869 g/mol. The van der Waals surface area contributed by atoms with Gasteiger partial charge in [0.2, 0.25) is 11.8 Å². The van der Waals surface area contributed by atoms with Crippen LogP contribution >= 0.6 is 31.9 Å². The number of aromatic nitrogens is 4. The second kappa shape index (κ2) is 22.2. The number of nitrogens with one attached hydrogen (secondary N) is 1. The van der Waals surface area contributed by atoms with Crippen LogP contribution in [0.25, 0.3) is 4.85 Å². The SMILES string of the molecule is C.COc1cc(C2C(C#N)=C(N)Oc3nc(C)nc(C)c32)cc(Br)c1OC.COc1cc(C=O)cc(Br)c1OC.Cc1cc(=O)[nH]c(C)n1.[C-]#[N+]CC#N. The maximum absolute atomic E-state index is 10.6. The van der Waals surface area contributed by atoms with Gasteiger partial charge in [-0.05, 0) is 89.4 Å². The summed E-state index contributed by atoms with van der Waals surface area (Å²) in [6.45, 7) is 13.2. The number of ether oxygens (including phenoxy) is 5. The maximum atomic E-state index is 10.6. The number of benzene rings is 2. The van der Waals surface area contributed by atoms with Crippen LogP contribution in [0.1, 0.15) is 57.9 Å². The van der Waals surface area contributed by atoms with E-state index in [1.165, 1.54) is 13.2 Å². The van der Waals surface area contributed by atoms with Crippen LogP contribution in [0.3, 0.4) is 0 Å². The highest BCUT2D eigenvalue weighted by Crippen LogP contribution is 2.46. The van der Waals surface area contributed by atoms with Crippen molar-refractivity contribution < 1.29 is 28.5 Å². The number of nitrogens with zero attached hydrogens (tertiary/aromatic N) is 6. The lowest BCUT2D eigenvalue weighted by atomic mass is 9.83. The fourth-order valence-electron chi connectivity index (χ4n) is 4.87. The number of halogens is 2. The molecular formula is C37H40Br2N8O7. The summed E-state index contributed by atoms with van der Waals surface area (Å²) in [6, 6.07) is 12.3. The number of fused-ring (bicyclic) bond motifs is 1. The Morgan fingerprint density at radius 2 is 1.54 bits per heavy atom. The van der Waals surface area contributed by atoms with Crippen molar-refractivity contribution in [3.05, 3.63) is 112 Å². The van der Waals surface area contributed by atoms with Crippen LogP contribution in [0.4, 0.5) is 0 Å². The summed E-state index contributed by atoms with van der Waals surface area (Å²) >= 11 is 6.77. The Labute approximate surface area is 330 Å². The predicted octanol–water partition coefficient (Wildman–Crippen LogP) is 6.82. The number of nitrogens with two attached hydrogens (primary N) is 1. The van der Waals surface area contributed by atoms with E-state index in [0.29, 0.717) is 66.2 Å². The lowest BCUT2D eigenvalue weighted by molar-refractivity contribution is 0.112. The normalized spacial score (nSPS) is 11.9. The molecule has 0 radical (unpaired) electrons. The van der Waals surface area contributed by atoms with Crippen molar-refractivity contribution in [3.63, 3.8) is 0 Å². The first-order valence-electron chi connectivity index (χ1n) is 15.2. The van der Waals surface area contributed by atoms with Gasteiger partial charge in [0, 0.05) is 28.6 Å². The minimum absolute atomic E-state index is 0. The Morgan fingerprint density at radius 3 is 2.00 bits per heavy atom. The summed E-state index contributed by atoms with van der Waals surface area (Å²) in [5.41, 5.74) is 9.75. The van der Waals surface area contributed by atoms with E-state index in [2.05, 4.69) is 62.7 Å². The molecule has 17 heteroatoms. The van der Waals surface area contributed by atoms with E-state index in [-0.39, 0.29) is 25.4 Å². The molecular weight excluding hydrogens is 828 g/mol. The summed E-state index contributed by atoms with van der Waals surface area (Å²) < 4.78 is 27.9. The number of carbonyl (C=O) groups excluding carboxylic acids is 1. The molecule has 0 saturated carbocycles. The lowest BCUT2D eigenvalue weighted by Gasteiger charge is -2.27. The fourth-order valence-corrected chi connectivity index (χ4v) is 6.12. The Kier molecular flexibility index (Phi) is 18.9. The van der Waals surface area contributed by atoms with Gasteiger partial charge >= 0.3 is 0 Å². The summed E-state index contributed by atoms with van der Waals surface area (Å²) in [4.78, 5) is 39.2. The van der Waals surface area contributed by atoms with Crippen LogP contribution in [0.5, 0.6) is 28.9 Å². The molecule has 4 aromatic rings. The molecule has 3 N–H and O–H groups in total. The van der Waals surface area contributed by atoms with Gasteiger partial charge < -0.3 is 39.2 Å². The molecule has 0 saturated heterocycles. The molecule has 1 atom stereocenters. The van der Waals surface area contributed by atoms with Gasteiger partial charge in [-0.15, -0.1) is 0 Å². The van der Waals surface area contributed by atoms with Gasteiger partial charge in [-0.25, -0.2) is 16.5 Å². The van der Waals surface area contributed by atoms with Gasteiger partial charge in [-0.1, -0.05) is 7.43 Å². The van der Waals surface area contributed by atoms with E-state index in [0.717, 1.165) is 23.2 Å². The molecule has 0 amide bonds. The van der Waals surface area contributed by atoms with Crippen molar-refractivity contribution in [2.24, 2.45) is 5.73 Å². The molecule has 5 rings (SSSR count). The topological polar surface area (TPSA) is 213 Å². The van der Waals surface area contributed by atoms with E-state index in [1.807, 2.05) is 19.1 Å². The monoisotopic (exact) mass is 866 g/mol. The summed E-state index contributed by atoms with van der Waals surface area (Å²) in [5, 5.41) is 17.3. The Balaban J connectivity index is 0.000000432. The number of carbonyl (C=O) groups is 1. The van der Waals surface area contributed by atoms with Crippen molar-refractivity contribution in [3.8, 4) is 41.0 Å². The summed E-state index contributed by atoms with van der Waals surface area (Å²) in [6.07, 6.45) is 0.757. The minimum Gasteiger partial charge on any atom is -0.493 e. The van der Waals surface area contributed by atoms with Gasteiger partial charge in [-0.3, -0.25) is 9.59 Å². The number of aldehydes is 1. The van der Waals surface area contributed by atoms with E-state index in [9.17, 15) is 14.9 Å². The molecule has 15 nitrogen and oxygen atoms in total. The number of methoxy groups -OCH3 is 4. The van der Waals surface area contributed by atoms with Crippen LogP contribution in [0.2, 0.25) is 0 Å². The van der Waals surface area contributed by atoms with E-state index < -0.39 is 5.92 Å². The van der Waals surface area contributed by atoms with Crippen molar-refractivity contribution in [2.45, 2.75) is 41.0 Å². The Hall–Kier alpha value is -5.96. The first-order chi connectivity index (χ1) is 25.2. The van der Waals surface area contributed by atoms with E-state index in [4.69, 9.17) is 41.3 Å². The standard InChI is InChI=1S/C18H17BrN4O3.C9H9BrO3.C6H8N2O.C3H2N2.CH4/c1-8-14-15(10-5-12(19)16(25-4)13(6-10)24-3)11(7-20)17(21)26-18(14)23-9(2)22-8;1-12-8-4-6(5-11)3-7(10)9(8)13-2;1-4-3-6(9)8-5(2)7-4;1-5-3-2-4;/h5-6,15H,21H2,1-4H3;3-5H,1-2H3;3H,1-2H3,(H,7,8,9);3H2;1H4. The number of aromatic amines is 1. The molecule has 1 aliphatic rings. The van der Waals surface area contributed by atoms with Gasteiger partial charge in [-0.2, -0.15) is 15.5 Å². The number of allylic oxidation sites excluding steroid dienone is 1. The first-order valence-corrected chi connectivity index (χ1v) is 16.8. The van der Waals surface area contributed by atoms with Crippen LogP contribution < -0.4 is 35.0 Å². The minimum atomic E-state index is -0.472. The van der Waals surface area contributed by atoms with Crippen LogP contribution in [0.15, 0.2) is 55.5 Å². The van der Waals surface area contributed by atoms with Crippen LogP contribution in [-0.2, 0) is 0 Å². The average Bonchev–Trinajstić information content (AvgIpc) is 3.10. The van der Waals surface area contributed by atoms with Gasteiger partial charge in [0.1, 0.15) is 35.6 Å². The van der Waals surface area contributed by atoms with Crippen molar-refractivity contribution in [1.82, 2.24) is 19.9 Å². The number of H-pyrrole nitrogens is 1. The summed E-state index contributed by atoms with van der Waals surface area (Å²) in [5.74, 6) is 3.40. The molecule has 0 bridgehead atoms. The van der Waals surface area contributed by atoms with Gasteiger partial charge in [0.15, 0.2) is 23.0 Å². The van der Waals surface area contributed by atoms with Crippen LogP contribution in [-0.4, -0.2) is 61.2 Å². The molecule has 0 fully saturated rings. The van der Waals surface area contributed by atoms with Crippen molar-refractivity contribution >= 4 is 38.1 Å². The molecule has 284 valence electrons. The van der Waals surface area contributed by atoms with Crippen LogP contribution in [0, 0.1) is 56.9 Å². The number of rotatable bonds is 6. The maximum Gasteiger partial charge on any atom is 0.298 e. The number of hydrogen-bond acceptors (Lipinski definition) is 13. The molecule has 2 aromatic carbocycles. The zero-order valence-electron chi connectivity index (χ0n) is 30.1. The molecule has 1 aliphatic heterocycles. The predicted molar refractivity (Wildman–Crippen MR) is 209 cm³/mol. The van der Waals surface area contributed by atoms with E-state index in [1.54, 1.807) is 60.3 Å².